The van der Waals surface area contributed by atoms with E-state index in [2.05, 4.69) is 26.9 Å². The lowest BCUT2D eigenvalue weighted by Gasteiger charge is -2.45. The Labute approximate surface area is 155 Å². The quantitative estimate of drug-likeness (QED) is 0.772. The number of benzene rings is 1. The van der Waals surface area contributed by atoms with Crippen molar-refractivity contribution in [3.05, 3.63) is 23.5 Å². The van der Waals surface area contributed by atoms with Gasteiger partial charge in [-0.3, -0.25) is 0 Å². The topological polar surface area (TPSA) is 59.2 Å². The summed E-state index contributed by atoms with van der Waals surface area (Å²) in [5, 5.41) is 15.3. The maximum absolute atomic E-state index is 14.7. The van der Waals surface area contributed by atoms with Crippen LogP contribution in [0.4, 0.5) is 15.8 Å². The van der Waals surface area contributed by atoms with Gasteiger partial charge in [0.25, 0.3) is 0 Å². The van der Waals surface area contributed by atoms with Crippen molar-refractivity contribution in [1.82, 2.24) is 14.9 Å². The molecule has 0 aliphatic carbocycles. The number of piperazine rings is 2. The predicted molar refractivity (Wildman–Crippen MR) is 104 cm³/mol. The third-order valence-corrected chi connectivity index (χ3v) is 5.49. The molecule has 146 valence electrons. The number of nitrogens with two attached hydrogens (primary N) is 1. The van der Waals surface area contributed by atoms with Gasteiger partial charge in [0.15, 0.2) is 0 Å². The van der Waals surface area contributed by atoms with Gasteiger partial charge in [0.05, 0.1) is 11.8 Å². The van der Waals surface area contributed by atoms with Crippen LogP contribution in [0.15, 0.2) is 12.1 Å². The summed E-state index contributed by atoms with van der Waals surface area (Å²) in [6.45, 7) is 9.52. The van der Waals surface area contributed by atoms with E-state index in [0.29, 0.717) is 23.4 Å². The minimum Gasteiger partial charge on any atom is -0.399 e. The van der Waals surface area contributed by atoms with E-state index < -0.39 is 6.10 Å². The SMILES string of the molecule is CCCC(O)c1cc(N)cc(F)c1N1CCN(N2CCN(C)CC2)CC1. The number of aliphatic hydroxyl groups excluding tert-OH is 1. The number of nitrogens with zero attached hydrogens (tertiary/aromatic N) is 4. The van der Waals surface area contributed by atoms with Crippen molar-refractivity contribution in [2.75, 3.05) is 70.0 Å². The van der Waals surface area contributed by atoms with Gasteiger partial charge in [-0.2, -0.15) is 0 Å². The first kappa shape index (κ1) is 19.4. The van der Waals surface area contributed by atoms with E-state index in [1.165, 1.54) is 6.07 Å². The Kier molecular flexibility index (Phi) is 6.34. The fourth-order valence-electron chi connectivity index (χ4n) is 3.94. The van der Waals surface area contributed by atoms with Crippen molar-refractivity contribution in [3.63, 3.8) is 0 Å². The lowest BCUT2D eigenvalue weighted by atomic mass is 10.0. The number of nitrogen functional groups attached to an aromatic ring is 1. The summed E-state index contributed by atoms with van der Waals surface area (Å²) in [4.78, 5) is 4.41. The Balaban J connectivity index is 1.71. The van der Waals surface area contributed by atoms with Crippen molar-refractivity contribution < 1.29 is 9.50 Å². The molecular formula is C19H32FN5O. The van der Waals surface area contributed by atoms with Crippen LogP contribution in [0.1, 0.15) is 31.4 Å². The molecule has 0 radical (unpaired) electrons. The molecule has 0 bridgehead atoms. The second-order valence-corrected chi connectivity index (χ2v) is 7.44. The van der Waals surface area contributed by atoms with Gasteiger partial charge in [-0.15, -0.1) is 0 Å². The molecule has 1 aromatic carbocycles. The lowest BCUT2D eigenvalue weighted by Crippen LogP contribution is -2.58. The van der Waals surface area contributed by atoms with E-state index in [1.807, 2.05) is 6.92 Å². The summed E-state index contributed by atoms with van der Waals surface area (Å²) < 4.78 is 14.7. The molecule has 2 heterocycles. The van der Waals surface area contributed by atoms with Crippen LogP contribution in [0.5, 0.6) is 0 Å². The fraction of sp³-hybridized carbons (Fsp3) is 0.684. The van der Waals surface area contributed by atoms with E-state index in [4.69, 9.17) is 5.73 Å². The van der Waals surface area contributed by atoms with Gasteiger partial charge in [-0.25, -0.2) is 14.4 Å². The average molecular weight is 365 g/mol. The molecule has 6 nitrogen and oxygen atoms in total. The van der Waals surface area contributed by atoms with Crippen LogP contribution in [0.3, 0.4) is 0 Å². The fourth-order valence-corrected chi connectivity index (χ4v) is 3.94. The van der Waals surface area contributed by atoms with Crippen molar-refractivity contribution in [2.24, 2.45) is 0 Å². The molecular weight excluding hydrogens is 333 g/mol. The van der Waals surface area contributed by atoms with Crippen LogP contribution in [-0.2, 0) is 0 Å². The average Bonchev–Trinajstić information content (AvgIpc) is 2.62. The Morgan fingerprint density at radius 2 is 1.62 bits per heavy atom. The smallest absolute Gasteiger partial charge is 0.148 e. The second kappa shape index (κ2) is 8.52. The van der Waals surface area contributed by atoms with Crippen LogP contribution < -0.4 is 10.6 Å². The first-order valence-electron chi connectivity index (χ1n) is 9.70. The number of hydrogen-bond donors (Lipinski definition) is 2. The zero-order valence-electron chi connectivity index (χ0n) is 16.0. The predicted octanol–water partition coefficient (Wildman–Crippen LogP) is 1.53. The molecule has 0 amide bonds. The molecule has 1 atom stereocenters. The third kappa shape index (κ3) is 4.28. The molecule has 2 fully saturated rings. The lowest BCUT2D eigenvalue weighted by molar-refractivity contribution is -0.0565. The van der Waals surface area contributed by atoms with Gasteiger partial charge in [0.2, 0.25) is 0 Å². The Hall–Kier alpha value is -1.41. The third-order valence-electron chi connectivity index (χ3n) is 5.49. The van der Waals surface area contributed by atoms with Gasteiger partial charge in [-0.1, -0.05) is 13.3 Å². The normalized spacial score (nSPS) is 21.9. The van der Waals surface area contributed by atoms with E-state index in [0.717, 1.165) is 58.8 Å². The summed E-state index contributed by atoms with van der Waals surface area (Å²) >= 11 is 0. The van der Waals surface area contributed by atoms with Crippen LogP contribution in [-0.4, -0.2) is 79.4 Å². The Morgan fingerprint density at radius 1 is 1.04 bits per heavy atom. The highest BCUT2D eigenvalue weighted by atomic mass is 19.1. The second-order valence-electron chi connectivity index (χ2n) is 7.44. The molecule has 26 heavy (non-hydrogen) atoms. The number of aliphatic hydroxyl groups is 1. The number of hydrogen-bond acceptors (Lipinski definition) is 6. The molecule has 1 unspecified atom stereocenters. The zero-order valence-corrected chi connectivity index (χ0v) is 16.0. The number of rotatable bonds is 5. The number of anilines is 2. The summed E-state index contributed by atoms with van der Waals surface area (Å²) in [7, 11) is 2.16. The monoisotopic (exact) mass is 365 g/mol. The summed E-state index contributed by atoms with van der Waals surface area (Å²) in [5.41, 5.74) is 7.35. The largest absolute Gasteiger partial charge is 0.399 e. The van der Waals surface area contributed by atoms with Crippen LogP contribution >= 0.6 is 0 Å². The van der Waals surface area contributed by atoms with Gasteiger partial charge >= 0.3 is 0 Å². The molecule has 0 saturated carbocycles. The number of hydrazine groups is 1. The number of halogens is 1. The Bertz CT molecular complexity index is 598. The standard InChI is InChI=1S/C19H32FN5O/c1-3-4-18(26)16-13-15(21)14-17(20)19(16)23-7-11-25(12-8-23)24-9-5-22(2)6-10-24/h13-14,18,26H,3-12,21H2,1-2H3. The summed E-state index contributed by atoms with van der Waals surface area (Å²) in [6, 6.07) is 3.09. The summed E-state index contributed by atoms with van der Waals surface area (Å²) in [6.07, 6.45) is 0.773. The van der Waals surface area contributed by atoms with Gasteiger partial charge in [0, 0.05) is 63.6 Å². The van der Waals surface area contributed by atoms with Crippen LogP contribution in [0.2, 0.25) is 0 Å². The highest BCUT2D eigenvalue weighted by molar-refractivity contribution is 5.62. The van der Waals surface area contributed by atoms with Crippen molar-refractivity contribution in [2.45, 2.75) is 25.9 Å². The van der Waals surface area contributed by atoms with Crippen LogP contribution in [0, 0.1) is 5.82 Å². The molecule has 2 aliphatic rings. The number of likely N-dealkylation sites (N-methyl/N-ethyl adjacent to an activating group) is 1. The first-order valence-corrected chi connectivity index (χ1v) is 9.70. The van der Waals surface area contributed by atoms with E-state index in [9.17, 15) is 9.50 Å². The van der Waals surface area contributed by atoms with E-state index in [-0.39, 0.29) is 5.82 Å². The highest BCUT2D eigenvalue weighted by Crippen LogP contribution is 2.34. The van der Waals surface area contributed by atoms with Gasteiger partial charge in [-0.05, 0) is 25.6 Å². The van der Waals surface area contributed by atoms with E-state index >= 15 is 0 Å². The molecule has 0 aromatic heterocycles. The molecule has 3 rings (SSSR count). The Morgan fingerprint density at radius 3 is 2.19 bits per heavy atom. The molecule has 3 N–H and O–H groups in total. The first-order chi connectivity index (χ1) is 12.5. The highest BCUT2D eigenvalue weighted by Gasteiger charge is 2.28. The molecule has 7 heteroatoms. The molecule has 2 aliphatic heterocycles. The van der Waals surface area contributed by atoms with E-state index in [1.54, 1.807) is 6.07 Å². The maximum Gasteiger partial charge on any atom is 0.148 e. The van der Waals surface area contributed by atoms with Gasteiger partial charge < -0.3 is 20.6 Å². The molecule has 2 saturated heterocycles. The maximum atomic E-state index is 14.7. The van der Waals surface area contributed by atoms with Crippen molar-refractivity contribution in [3.8, 4) is 0 Å². The molecule has 0 spiro atoms. The van der Waals surface area contributed by atoms with Gasteiger partial charge in [0.1, 0.15) is 5.82 Å². The minimum atomic E-state index is -0.677. The van der Waals surface area contributed by atoms with Crippen molar-refractivity contribution >= 4 is 11.4 Å². The van der Waals surface area contributed by atoms with Crippen LogP contribution in [0.25, 0.3) is 0 Å². The summed E-state index contributed by atoms with van der Waals surface area (Å²) in [5.74, 6) is -0.330. The molecule has 1 aromatic rings. The van der Waals surface area contributed by atoms with Crippen molar-refractivity contribution in [1.29, 1.82) is 0 Å². The zero-order chi connectivity index (χ0) is 18.7. The minimum absolute atomic E-state index is 0.330.